The molecular formula is C25H28F2N6O2. The molecule has 2 aliphatic heterocycles. The van der Waals surface area contributed by atoms with Crippen LogP contribution in [0, 0.1) is 5.82 Å². The van der Waals surface area contributed by atoms with E-state index in [0.29, 0.717) is 28.9 Å². The SMILES string of the molecule is COc1ncc(-c2ccc(-c3ncc(N(C)[C@@H]4C[C@@]5(C)CC[C@](C)(N5)[C@@H]4F)nn3)c(O)c2)cc1F. The number of aromatic hydroxyl groups is 1. The molecule has 8 nitrogen and oxygen atoms in total. The average Bonchev–Trinajstić information content (AvgIpc) is 3.12. The third-order valence-corrected chi connectivity index (χ3v) is 7.37. The number of piperidine rings is 1. The summed E-state index contributed by atoms with van der Waals surface area (Å²) < 4.78 is 34.3. The maximum absolute atomic E-state index is 15.4. The quantitative estimate of drug-likeness (QED) is 0.565. The number of rotatable bonds is 5. The lowest BCUT2D eigenvalue weighted by Crippen LogP contribution is -2.65. The third-order valence-electron chi connectivity index (χ3n) is 7.37. The number of methoxy groups -OCH3 is 1. The Hall–Kier alpha value is -3.40. The Balaban J connectivity index is 1.36. The number of pyridine rings is 1. The number of ether oxygens (including phenoxy) is 1. The highest BCUT2D eigenvalue weighted by molar-refractivity contribution is 5.72. The minimum absolute atomic E-state index is 0.0822. The van der Waals surface area contributed by atoms with Gasteiger partial charge in [0.05, 0.1) is 24.9 Å². The first-order valence-electron chi connectivity index (χ1n) is 11.5. The summed E-state index contributed by atoms with van der Waals surface area (Å²) in [6, 6.07) is 5.77. The lowest BCUT2D eigenvalue weighted by molar-refractivity contribution is 0.0859. The average molecular weight is 483 g/mol. The summed E-state index contributed by atoms with van der Waals surface area (Å²) in [6.07, 6.45) is 4.34. The van der Waals surface area contributed by atoms with E-state index in [-0.39, 0.29) is 29.0 Å². The van der Waals surface area contributed by atoms with E-state index in [2.05, 4.69) is 32.4 Å². The van der Waals surface area contributed by atoms with E-state index >= 15 is 4.39 Å². The molecule has 0 unspecified atom stereocenters. The zero-order valence-corrected chi connectivity index (χ0v) is 20.1. The molecule has 2 saturated heterocycles. The van der Waals surface area contributed by atoms with Gasteiger partial charge in [0.25, 0.3) is 0 Å². The fourth-order valence-corrected chi connectivity index (χ4v) is 5.39. The molecule has 0 radical (unpaired) electrons. The lowest BCUT2D eigenvalue weighted by atomic mass is 9.82. The third kappa shape index (κ3) is 4.05. The van der Waals surface area contributed by atoms with Gasteiger partial charge in [-0.25, -0.2) is 18.7 Å². The summed E-state index contributed by atoms with van der Waals surface area (Å²) >= 11 is 0. The number of nitrogens with one attached hydrogen (secondary N) is 1. The zero-order valence-electron chi connectivity index (χ0n) is 20.1. The molecule has 2 aliphatic rings. The van der Waals surface area contributed by atoms with E-state index < -0.39 is 17.5 Å². The number of hydrogen-bond acceptors (Lipinski definition) is 8. The fraction of sp³-hybridized carbons (Fsp3) is 0.440. The number of hydrogen-bond donors (Lipinski definition) is 2. The maximum atomic E-state index is 15.4. The van der Waals surface area contributed by atoms with Gasteiger partial charge in [-0.05, 0) is 56.9 Å². The molecule has 2 bridgehead atoms. The van der Waals surface area contributed by atoms with Crippen molar-refractivity contribution in [1.29, 1.82) is 0 Å². The highest BCUT2D eigenvalue weighted by Gasteiger charge is 2.56. The summed E-state index contributed by atoms with van der Waals surface area (Å²) in [6.45, 7) is 4.08. The first kappa shape index (κ1) is 23.3. The Bertz CT molecular complexity index is 1260. The van der Waals surface area contributed by atoms with Gasteiger partial charge >= 0.3 is 0 Å². The number of alkyl halides is 1. The molecule has 1 aromatic carbocycles. The number of phenols is 1. The first-order chi connectivity index (χ1) is 16.6. The lowest BCUT2D eigenvalue weighted by Gasteiger charge is -2.47. The van der Waals surface area contributed by atoms with Crippen molar-refractivity contribution in [3.63, 3.8) is 0 Å². The van der Waals surface area contributed by atoms with Crippen molar-refractivity contribution in [3.05, 3.63) is 42.5 Å². The molecule has 0 spiro atoms. The number of benzene rings is 1. The Kier molecular flexibility index (Phi) is 5.58. The van der Waals surface area contributed by atoms with Crippen LogP contribution in [0.15, 0.2) is 36.7 Å². The highest BCUT2D eigenvalue weighted by atomic mass is 19.1. The van der Waals surface area contributed by atoms with E-state index in [4.69, 9.17) is 4.74 Å². The summed E-state index contributed by atoms with van der Waals surface area (Å²) in [7, 11) is 3.16. The molecule has 2 N–H and O–H groups in total. The van der Waals surface area contributed by atoms with E-state index in [1.54, 1.807) is 18.3 Å². The molecule has 184 valence electrons. The van der Waals surface area contributed by atoms with Crippen molar-refractivity contribution in [3.8, 4) is 34.1 Å². The summed E-state index contributed by atoms with van der Waals surface area (Å²) in [5, 5.41) is 22.5. The van der Waals surface area contributed by atoms with Gasteiger partial charge in [0.2, 0.25) is 5.88 Å². The monoisotopic (exact) mass is 482 g/mol. The number of anilines is 1. The fourth-order valence-electron chi connectivity index (χ4n) is 5.39. The number of phenolic OH excluding ortho intramolecular Hbond substituents is 1. The Morgan fingerprint density at radius 1 is 1.11 bits per heavy atom. The second kappa shape index (κ2) is 8.37. The highest BCUT2D eigenvalue weighted by Crippen LogP contribution is 2.45. The summed E-state index contributed by atoms with van der Waals surface area (Å²) in [5.74, 6) is -0.0852. The molecular weight excluding hydrogens is 454 g/mol. The van der Waals surface area contributed by atoms with Gasteiger partial charge in [0.1, 0.15) is 11.9 Å². The molecule has 2 fully saturated rings. The number of nitrogens with zero attached hydrogens (tertiary/aromatic N) is 5. The van der Waals surface area contributed by atoms with Gasteiger partial charge < -0.3 is 20.1 Å². The van der Waals surface area contributed by atoms with Gasteiger partial charge in [-0.1, -0.05) is 6.07 Å². The Labute approximate surface area is 202 Å². The van der Waals surface area contributed by atoms with Gasteiger partial charge in [-0.2, -0.15) is 0 Å². The van der Waals surface area contributed by atoms with Crippen LogP contribution in [-0.4, -0.2) is 62.7 Å². The van der Waals surface area contributed by atoms with Gasteiger partial charge in [-0.3, -0.25) is 0 Å². The standard InChI is InChI=1S/C25H28F2N6O2/c1-24-7-8-25(2,32-24)21(27)18(11-24)33(3)20-13-28-22(31-30-20)16-6-5-14(10-19(16)34)15-9-17(26)23(35-4)29-12-15/h5-6,9-10,12-13,18,21,32,34H,7-8,11H2,1-4H3/t18-,21-,24-,25+/m1/s1. The molecule has 0 amide bonds. The number of aromatic nitrogens is 4. The Morgan fingerprint density at radius 2 is 1.91 bits per heavy atom. The predicted molar refractivity (Wildman–Crippen MR) is 128 cm³/mol. The van der Waals surface area contributed by atoms with E-state index in [1.165, 1.54) is 25.4 Å². The molecule has 5 rings (SSSR count). The minimum atomic E-state index is -1.06. The van der Waals surface area contributed by atoms with Crippen LogP contribution >= 0.6 is 0 Å². The molecule has 35 heavy (non-hydrogen) atoms. The predicted octanol–water partition coefficient (Wildman–Crippen LogP) is 3.90. The molecule has 4 atom stereocenters. The van der Waals surface area contributed by atoms with Crippen LogP contribution in [0.3, 0.4) is 0 Å². The molecule has 3 aromatic rings. The van der Waals surface area contributed by atoms with Gasteiger partial charge in [0, 0.05) is 29.9 Å². The molecule has 4 heterocycles. The topological polar surface area (TPSA) is 96.3 Å². The Morgan fingerprint density at radius 3 is 2.57 bits per heavy atom. The van der Waals surface area contributed by atoms with Crippen LogP contribution in [0.2, 0.25) is 0 Å². The van der Waals surface area contributed by atoms with Crippen LogP contribution in [0.25, 0.3) is 22.5 Å². The second-order valence-corrected chi connectivity index (χ2v) is 9.97. The molecule has 0 saturated carbocycles. The van der Waals surface area contributed by atoms with E-state index in [9.17, 15) is 9.50 Å². The molecule has 10 heteroatoms. The van der Waals surface area contributed by atoms with E-state index in [0.717, 1.165) is 12.8 Å². The van der Waals surface area contributed by atoms with Crippen LogP contribution in [0.4, 0.5) is 14.6 Å². The van der Waals surface area contributed by atoms with Crippen LogP contribution in [0.5, 0.6) is 11.6 Å². The van der Waals surface area contributed by atoms with Crippen molar-refractivity contribution >= 4 is 5.82 Å². The normalized spacial score (nSPS) is 27.6. The van der Waals surface area contributed by atoms with Crippen molar-refractivity contribution in [2.45, 2.75) is 56.4 Å². The van der Waals surface area contributed by atoms with Crippen molar-refractivity contribution in [2.75, 3.05) is 19.1 Å². The molecule has 2 aromatic heterocycles. The van der Waals surface area contributed by atoms with Gasteiger partial charge in [0.15, 0.2) is 17.5 Å². The first-order valence-corrected chi connectivity index (χ1v) is 11.5. The van der Waals surface area contributed by atoms with Crippen molar-refractivity contribution < 1.29 is 18.6 Å². The van der Waals surface area contributed by atoms with Crippen LogP contribution < -0.4 is 15.0 Å². The number of fused-ring (bicyclic) bond motifs is 2. The van der Waals surface area contributed by atoms with Crippen LogP contribution in [-0.2, 0) is 0 Å². The van der Waals surface area contributed by atoms with Crippen molar-refractivity contribution in [1.82, 2.24) is 25.5 Å². The largest absolute Gasteiger partial charge is 0.507 e. The molecule has 0 aliphatic carbocycles. The van der Waals surface area contributed by atoms with Crippen molar-refractivity contribution in [2.24, 2.45) is 0 Å². The smallest absolute Gasteiger partial charge is 0.250 e. The zero-order chi connectivity index (χ0) is 25.0. The van der Waals surface area contributed by atoms with E-state index in [1.807, 2.05) is 18.9 Å². The summed E-state index contributed by atoms with van der Waals surface area (Å²) in [5.41, 5.74) is 0.775. The van der Waals surface area contributed by atoms with Crippen LogP contribution in [0.1, 0.15) is 33.1 Å². The minimum Gasteiger partial charge on any atom is -0.507 e. The number of halogens is 2. The van der Waals surface area contributed by atoms with Gasteiger partial charge in [-0.15, -0.1) is 10.2 Å². The summed E-state index contributed by atoms with van der Waals surface area (Å²) in [4.78, 5) is 10.1. The second-order valence-electron chi connectivity index (χ2n) is 9.97. The maximum Gasteiger partial charge on any atom is 0.250 e.